The van der Waals surface area contributed by atoms with Crippen molar-refractivity contribution in [3.05, 3.63) is 90.0 Å². The summed E-state index contributed by atoms with van der Waals surface area (Å²) in [6, 6.07) is 4.42. The second-order valence-electron chi connectivity index (χ2n) is 19.7. The van der Waals surface area contributed by atoms with Gasteiger partial charge < -0.3 is 74.3 Å². The molecule has 0 spiro atoms. The Morgan fingerprint density at radius 3 is 1.43 bits per heavy atom. The fraction of sp³-hybridized carbons (Fsp3) is 0.519. The molecule has 0 unspecified atom stereocenters. The molecule has 0 aliphatic carbocycles. The molecule has 0 aliphatic heterocycles. The summed E-state index contributed by atoms with van der Waals surface area (Å²) in [5.41, 5.74) is 13.2. The number of hydrogen-bond donors (Lipinski definition) is 14. The van der Waals surface area contributed by atoms with Crippen molar-refractivity contribution >= 4 is 59.1 Å². The quantitative estimate of drug-likeness (QED) is 0.0306. The van der Waals surface area contributed by atoms with Crippen LogP contribution in [0.4, 0.5) is 0 Å². The number of benzene rings is 2. The number of nitrogens with two attached hydrogens (primary N) is 2. The summed E-state index contributed by atoms with van der Waals surface area (Å²) in [5.74, 6) is -10.8. The first kappa shape index (κ1) is 63.5. The van der Waals surface area contributed by atoms with E-state index in [-0.39, 0.29) is 50.4 Å². The van der Waals surface area contributed by atoms with Crippen molar-refractivity contribution in [1.82, 2.24) is 52.5 Å². The highest BCUT2D eigenvalue weighted by Gasteiger charge is 2.37. The van der Waals surface area contributed by atoms with Crippen molar-refractivity contribution in [2.24, 2.45) is 29.2 Å². The molecule has 9 amide bonds. The number of carboxylic acids is 1. The van der Waals surface area contributed by atoms with Crippen LogP contribution in [0.3, 0.4) is 0 Å². The van der Waals surface area contributed by atoms with Crippen molar-refractivity contribution < 1.29 is 63.3 Å². The van der Waals surface area contributed by atoms with Crippen molar-refractivity contribution in [2.75, 3.05) is 13.2 Å². The molecule has 1 heterocycles. The lowest BCUT2D eigenvalue weighted by atomic mass is 9.97. The van der Waals surface area contributed by atoms with Gasteiger partial charge in [-0.25, -0.2) is 9.78 Å². The molecule has 25 heteroatoms. The number of carboxylic acid groups (broad SMARTS) is 1. The number of primary amides is 1. The highest BCUT2D eigenvalue weighted by molar-refractivity contribution is 5.99. The normalized spacial score (nSPS) is 15.1. The van der Waals surface area contributed by atoms with Crippen LogP contribution in [0.5, 0.6) is 0 Å². The Balaban J connectivity index is 1.87. The second-order valence-corrected chi connectivity index (χ2v) is 19.7. The minimum Gasteiger partial charge on any atom is -0.480 e. The zero-order valence-electron chi connectivity index (χ0n) is 44.2. The highest BCUT2D eigenvalue weighted by atomic mass is 16.4. The SMILES string of the molecule is CC[C@H](C)[C@H](NC(=O)[C@H](Cc1cnc[nH]1)NC(=O)[C@H](Cc1ccccc1)NC(=O)[C@H](CO)NC(=O)[C@H](CC(C)C)NC(=O)[C@@H](N)Cc1ccccc1)C(=O)N[C@@H](CO)C(=O)N[C@@H](CC(N)=O)C(=O)N[C@@H](CC(C)C)C(=O)O. The number of carbonyl (C=O) groups is 10. The molecular formula is C52H76N12O13. The molecule has 3 rings (SSSR count). The van der Waals surface area contributed by atoms with Crippen LogP contribution in [0, 0.1) is 17.8 Å². The van der Waals surface area contributed by atoms with Gasteiger partial charge in [-0.05, 0) is 48.1 Å². The number of aromatic nitrogens is 2. The summed E-state index contributed by atoms with van der Waals surface area (Å²) in [6.07, 6.45) is 2.15. The Bertz CT molecular complexity index is 2430. The standard InChI is InChI=1S/C52H76N12O13/c1-7-30(6)43(51(75)63-41(26-66)50(74)60-38(23-42(54)67)47(71)61-39(52(76)77)19-29(4)5)64-48(72)37(22-33-24-55-27-56-33)59-46(70)36(21-32-16-12-9-13-17-32)58-49(73)40(25-65)62-45(69)35(18-28(2)3)57-44(68)34(53)20-31-14-10-8-11-15-31/h8-17,24,27-30,34-41,43,65-66H,7,18-23,25-26,53H2,1-6H3,(H2,54,67)(H,55,56)(H,57,68)(H,58,73)(H,59,70)(H,60,74)(H,61,71)(H,62,69)(H,63,75)(H,64,72)(H,76,77)/t30-,34-,35-,36-,37-,38-,39-,40-,41-,43-/m0/s1. The van der Waals surface area contributed by atoms with Gasteiger partial charge in [0.25, 0.3) is 0 Å². The molecule has 0 radical (unpaired) electrons. The van der Waals surface area contributed by atoms with E-state index >= 15 is 0 Å². The number of carbonyl (C=O) groups excluding carboxylic acids is 9. The molecule has 77 heavy (non-hydrogen) atoms. The van der Waals surface area contributed by atoms with Crippen LogP contribution < -0.4 is 54.0 Å². The Morgan fingerprint density at radius 1 is 0.532 bits per heavy atom. The highest BCUT2D eigenvalue weighted by Crippen LogP contribution is 2.13. The number of aliphatic carboxylic acids is 1. The average molecular weight is 1080 g/mol. The van der Waals surface area contributed by atoms with Crippen LogP contribution in [-0.2, 0) is 67.2 Å². The number of nitrogens with one attached hydrogen (secondary N) is 9. The maximum atomic E-state index is 14.4. The van der Waals surface area contributed by atoms with Gasteiger partial charge >= 0.3 is 5.97 Å². The first-order valence-electron chi connectivity index (χ1n) is 25.4. The zero-order chi connectivity index (χ0) is 57.4. The number of hydrogen-bond acceptors (Lipinski definition) is 14. The monoisotopic (exact) mass is 1080 g/mol. The number of imidazole rings is 1. The Morgan fingerprint density at radius 2 is 0.948 bits per heavy atom. The maximum Gasteiger partial charge on any atom is 0.326 e. The average Bonchev–Trinajstić information content (AvgIpc) is 3.90. The molecule has 2 aromatic carbocycles. The summed E-state index contributed by atoms with van der Waals surface area (Å²) in [7, 11) is 0. The van der Waals surface area contributed by atoms with E-state index in [1.54, 1.807) is 82.3 Å². The Hall–Kier alpha value is -7.77. The van der Waals surface area contributed by atoms with E-state index in [9.17, 15) is 63.3 Å². The second kappa shape index (κ2) is 32.0. The van der Waals surface area contributed by atoms with E-state index in [0.717, 1.165) is 5.56 Å². The van der Waals surface area contributed by atoms with Gasteiger partial charge in [0.2, 0.25) is 53.2 Å². The molecule has 16 N–H and O–H groups in total. The van der Waals surface area contributed by atoms with E-state index in [0.29, 0.717) is 11.3 Å². The fourth-order valence-electron chi connectivity index (χ4n) is 7.90. The lowest BCUT2D eigenvalue weighted by molar-refractivity contribution is -0.143. The largest absolute Gasteiger partial charge is 0.480 e. The summed E-state index contributed by atoms with van der Waals surface area (Å²) in [4.78, 5) is 141. The predicted molar refractivity (Wildman–Crippen MR) is 280 cm³/mol. The smallest absolute Gasteiger partial charge is 0.326 e. The zero-order valence-corrected chi connectivity index (χ0v) is 44.2. The van der Waals surface area contributed by atoms with Gasteiger partial charge in [0.05, 0.1) is 32.0 Å². The van der Waals surface area contributed by atoms with Crippen LogP contribution in [-0.4, -0.2) is 152 Å². The minimum atomic E-state index is -1.78. The molecule has 0 saturated heterocycles. The number of rotatable bonds is 33. The van der Waals surface area contributed by atoms with Crippen molar-refractivity contribution in [2.45, 2.75) is 141 Å². The van der Waals surface area contributed by atoms with Crippen LogP contribution in [0.2, 0.25) is 0 Å². The van der Waals surface area contributed by atoms with Gasteiger partial charge in [-0.15, -0.1) is 0 Å². The van der Waals surface area contributed by atoms with Crippen LogP contribution >= 0.6 is 0 Å². The fourth-order valence-corrected chi connectivity index (χ4v) is 7.90. The third-order valence-electron chi connectivity index (χ3n) is 12.3. The summed E-state index contributed by atoms with van der Waals surface area (Å²) in [5, 5.41) is 50.2. The van der Waals surface area contributed by atoms with Crippen molar-refractivity contribution in [1.29, 1.82) is 0 Å². The summed E-state index contributed by atoms with van der Waals surface area (Å²) >= 11 is 0. The van der Waals surface area contributed by atoms with E-state index in [4.69, 9.17) is 11.5 Å². The lowest BCUT2D eigenvalue weighted by Gasteiger charge is -2.29. The number of H-pyrrole nitrogens is 1. The number of amides is 9. The maximum absolute atomic E-state index is 14.4. The van der Waals surface area contributed by atoms with Crippen LogP contribution in [0.15, 0.2) is 73.2 Å². The molecule has 3 aromatic rings. The van der Waals surface area contributed by atoms with Gasteiger partial charge in [0.15, 0.2) is 0 Å². The van der Waals surface area contributed by atoms with E-state index in [1.807, 2.05) is 19.9 Å². The van der Waals surface area contributed by atoms with Gasteiger partial charge in [-0.1, -0.05) is 109 Å². The Kier molecular flexibility index (Phi) is 26.4. The molecule has 0 aliphatic rings. The predicted octanol–water partition coefficient (Wildman–Crippen LogP) is -2.27. The van der Waals surface area contributed by atoms with E-state index in [2.05, 4.69) is 52.5 Å². The van der Waals surface area contributed by atoms with E-state index < -0.39 is 139 Å². The number of nitrogens with zero attached hydrogens (tertiary/aromatic N) is 1. The Labute approximate surface area is 447 Å². The van der Waals surface area contributed by atoms with E-state index in [1.165, 1.54) is 12.5 Å². The number of aromatic amines is 1. The van der Waals surface area contributed by atoms with Gasteiger partial charge in [0.1, 0.15) is 48.3 Å². The summed E-state index contributed by atoms with van der Waals surface area (Å²) in [6.45, 7) is 8.42. The molecule has 0 saturated carbocycles. The van der Waals surface area contributed by atoms with Crippen LogP contribution in [0.1, 0.15) is 84.0 Å². The topological polar surface area (TPSA) is 408 Å². The van der Waals surface area contributed by atoms with Crippen molar-refractivity contribution in [3.63, 3.8) is 0 Å². The molecule has 25 nitrogen and oxygen atoms in total. The van der Waals surface area contributed by atoms with Gasteiger partial charge in [-0.3, -0.25) is 43.2 Å². The summed E-state index contributed by atoms with van der Waals surface area (Å²) < 4.78 is 0. The molecule has 1 aromatic heterocycles. The third-order valence-corrected chi connectivity index (χ3v) is 12.3. The molecule has 0 bridgehead atoms. The van der Waals surface area contributed by atoms with Gasteiger partial charge in [0, 0.05) is 24.7 Å². The third kappa shape index (κ3) is 21.8. The first-order valence-corrected chi connectivity index (χ1v) is 25.4. The van der Waals surface area contributed by atoms with Gasteiger partial charge in [-0.2, -0.15) is 0 Å². The number of aliphatic hydroxyl groups is 2. The lowest BCUT2D eigenvalue weighted by Crippen LogP contribution is -2.62. The molecule has 422 valence electrons. The number of aliphatic hydroxyl groups excluding tert-OH is 2. The minimum absolute atomic E-state index is 0.0101. The molecular weight excluding hydrogens is 1000 g/mol. The molecule has 0 fully saturated rings. The van der Waals surface area contributed by atoms with Crippen molar-refractivity contribution in [3.8, 4) is 0 Å². The first-order chi connectivity index (χ1) is 36.5. The van der Waals surface area contributed by atoms with Crippen LogP contribution in [0.25, 0.3) is 0 Å². The molecule has 10 atom stereocenters.